The number of thioether (sulfide) groups is 1. The first-order valence-corrected chi connectivity index (χ1v) is 6.33. The monoisotopic (exact) mass is 239 g/mol. The summed E-state index contributed by atoms with van der Waals surface area (Å²) in [6.45, 7) is 2.22. The Bertz CT molecular complexity index is 316. The van der Waals surface area contributed by atoms with Gasteiger partial charge in [0.25, 0.3) is 0 Å². The highest BCUT2D eigenvalue weighted by atomic mass is 32.2. The third-order valence-electron chi connectivity index (χ3n) is 2.12. The lowest BCUT2D eigenvalue weighted by molar-refractivity contribution is -0.119. The van der Waals surface area contributed by atoms with Crippen LogP contribution in [0.5, 0.6) is 0 Å². The minimum Gasteiger partial charge on any atom is -0.391 e. The maximum atomic E-state index is 11.4. The Balaban J connectivity index is 2.20. The first-order chi connectivity index (χ1) is 7.72. The fourth-order valence-electron chi connectivity index (χ4n) is 1.09. The molecule has 1 aromatic rings. The minimum atomic E-state index is -0.439. The molecule has 1 unspecified atom stereocenters. The topological polar surface area (TPSA) is 49.3 Å². The summed E-state index contributed by atoms with van der Waals surface area (Å²) in [6, 6.07) is 9.78. The van der Waals surface area contributed by atoms with Gasteiger partial charge in [0.15, 0.2) is 0 Å². The summed E-state index contributed by atoms with van der Waals surface area (Å²) in [7, 11) is 0. The average molecular weight is 239 g/mol. The Morgan fingerprint density at radius 2 is 2.12 bits per heavy atom. The molecule has 0 aliphatic heterocycles. The average Bonchev–Trinajstić information content (AvgIpc) is 2.34. The van der Waals surface area contributed by atoms with E-state index in [0.717, 1.165) is 4.90 Å². The van der Waals surface area contributed by atoms with Crippen molar-refractivity contribution in [2.75, 3.05) is 12.3 Å². The number of amides is 1. The predicted octanol–water partition coefficient (Wildman–Crippen LogP) is 1.67. The highest BCUT2D eigenvalue weighted by Crippen LogP contribution is 2.16. The smallest absolute Gasteiger partial charge is 0.230 e. The fraction of sp³-hybridized carbons (Fsp3) is 0.417. The van der Waals surface area contributed by atoms with Crippen molar-refractivity contribution in [3.63, 3.8) is 0 Å². The zero-order valence-corrected chi connectivity index (χ0v) is 10.2. The van der Waals surface area contributed by atoms with Gasteiger partial charge in [-0.15, -0.1) is 11.8 Å². The van der Waals surface area contributed by atoms with Gasteiger partial charge >= 0.3 is 0 Å². The first kappa shape index (κ1) is 13.1. The van der Waals surface area contributed by atoms with Crippen molar-refractivity contribution in [2.45, 2.75) is 24.3 Å². The van der Waals surface area contributed by atoms with Gasteiger partial charge in [0, 0.05) is 11.4 Å². The molecular weight excluding hydrogens is 222 g/mol. The molecule has 1 amide bonds. The Morgan fingerprint density at radius 1 is 1.44 bits per heavy atom. The number of carbonyl (C=O) groups excluding carboxylic acids is 1. The van der Waals surface area contributed by atoms with E-state index >= 15 is 0 Å². The first-order valence-electron chi connectivity index (χ1n) is 5.35. The Kier molecular flexibility index (Phi) is 5.96. The molecule has 1 atom stereocenters. The molecule has 1 aromatic carbocycles. The van der Waals surface area contributed by atoms with Gasteiger partial charge in [-0.25, -0.2) is 0 Å². The van der Waals surface area contributed by atoms with Crippen LogP contribution in [0.4, 0.5) is 0 Å². The van der Waals surface area contributed by atoms with Gasteiger partial charge < -0.3 is 10.4 Å². The minimum absolute atomic E-state index is 0.0404. The van der Waals surface area contributed by atoms with Crippen molar-refractivity contribution in [3.8, 4) is 0 Å². The quantitative estimate of drug-likeness (QED) is 0.742. The third kappa shape index (κ3) is 5.19. The van der Waals surface area contributed by atoms with Gasteiger partial charge in [0.1, 0.15) is 0 Å². The number of aliphatic hydroxyl groups is 1. The van der Waals surface area contributed by atoms with Crippen LogP contribution in [0.15, 0.2) is 35.2 Å². The summed E-state index contributed by atoms with van der Waals surface area (Å²) in [6.07, 6.45) is 0.220. The molecule has 0 saturated heterocycles. The van der Waals surface area contributed by atoms with Gasteiger partial charge in [0.2, 0.25) is 5.91 Å². The summed E-state index contributed by atoms with van der Waals surface area (Å²) in [5.74, 6) is 0.349. The van der Waals surface area contributed by atoms with E-state index in [1.165, 1.54) is 11.8 Å². The molecule has 3 nitrogen and oxygen atoms in total. The standard InChI is InChI=1S/C12H17NO2S/c1-2-10(14)8-13-12(15)9-16-11-6-4-3-5-7-11/h3-7,10,14H,2,8-9H2,1H3,(H,13,15). The Hall–Kier alpha value is -1.00. The molecule has 16 heavy (non-hydrogen) atoms. The molecule has 88 valence electrons. The zero-order chi connectivity index (χ0) is 11.8. The lowest BCUT2D eigenvalue weighted by atomic mass is 10.3. The lowest BCUT2D eigenvalue weighted by Crippen LogP contribution is -2.32. The SMILES string of the molecule is CCC(O)CNC(=O)CSc1ccccc1. The molecule has 0 aliphatic rings. The fourth-order valence-corrected chi connectivity index (χ4v) is 1.84. The van der Waals surface area contributed by atoms with E-state index in [-0.39, 0.29) is 5.91 Å². The highest BCUT2D eigenvalue weighted by molar-refractivity contribution is 8.00. The summed E-state index contributed by atoms with van der Waals surface area (Å²) < 4.78 is 0. The third-order valence-corrected chi connectivity index (χ3v) is 3.13. The largest absolute Gasteiger partial charge is 0.391 e. The van der Waals surface area contributed by atoms with Gasteiger partial charge in [-0.2, -0.15) is 0 Å². The summed E-state index contributed by atoms with van der Waals surface area (Å²) in [4.78, 5) is 12.5. The van der Waals surface area contributed by atoms with Gasteiger partial charge in [-0.05, 0) is 18.6 Å². The molecular formula is C12H17NO2S. The number of hydrogen-bond acceptors (Lipinski definition) is 3. The molecule has 0 radical (unpaired) electrons. The number of benzene rings is 1. The van der Waals surface area contributed by atoms with Crippen LogP contribution in [-0.2, 0) is 4.79 Å². The summed E-state index contributed by atoms with van der Waals surface area (Å²) in [5, 5.41) is 12.0. The summed E-state index contributed by atoms with van der Waals surface area (Å²) >= 11 is 1.49. The van der Waals surface area contributed by atoms with Gasteiger partial charge in [-0.1, -0.05) is 25.1 Å². The van der Waals surface area contributed by atoms with Crippen LogP contribution in [-0.4, -0.2) is 29.4 Å². The van der Waals surface area contributed by atoms with E-state index in [4.69, 9.17) is 0 Å². The second-order valence-corrected chi connectivity index (χ2v) is 4.52. The van der Waals surface area contributed by atoms with Crippen LogP contribution < -0.4 is 5.32 Å². The van der Waals surface area contributed by atoms with Crippen molar-refractivity contribution in [1.29, 1.82) is 0 Å². The number of hydrogen-bond donors (Lipinski definition) is 2. The molecule has 0 spiro atoms. The predicted molar refractivity (Wildman–Crippen MR) is 66.5 cm³/mol. The number of aliphatic hydroxyl groups excluding tert-OH is 1. The Labute approximate surface area is 100 Å². The van der Waals surface area contributed by atoms with Crippen molar-refractivity contribution in [1.82, 2.24) is 5.32 Å². The zero-order valence-electron chi connectivity index (χ0n) is 9.35. The van der Waals surface area contributed by atoms with Crippen LogP contribution in [0.1, 0.15) is 13.3 Å². The molecule has 0 fully saturated rings. The molecule has 1 rings (SSSR count). The van der Waals surface area contributed by atoms with E-state index in [9.17, 15) is 9.90 Å². The van der Waals surface area contributed by atoms with E-state index in [1.807, 2.05) is 37.3 Å². The van der Waals surface area contributed by atoms with E-state index in [2.05, 4.69) is 5.32 Å². The summed E-state index contributed by atoms with van der Waals surface area (Å²) in [5.41, 5.74) is 0. The lowest BCUT2D eigenvalue weighted by Gasteiger charge is -2.09. The Morgan fingerprint density at radius 3 is 2.75 bits per heavy atom. The molecule has 4 heteroatoms. The van der Waals surface area contributed by atoms with E-state index < -0.39 is 6.10 Å². The van der Waals surface area contributed by atoms with E-state index in [0.29, 0.717) is 18.7 Å². The number of rotatable bonds is 6. The number of nitrogens with one attached hydrogen (secondary N) is 1. The van der Waals surface area contributed by atoms with Crippen molar-refractivity contribution < 1.29 is 9.90 Å². The normalized spacial score (nSPS) is 12.1. The van der Waals surface area contributed by atoms with Crippen molar-refractivity contribution in [2.24, 2.45) is 0 Å². The maximum absolute atomic E-state index is 11.4. The molecule has 0 bridgehead atoms. The van der Waals surface area contributed by atoms with E-state index in [1.54, 1.807) is 0 Å². The van der Waals surface area contributed by atoms with Crippen molar-refractivity contribution >= 4 is 17.7 Å². The van der Waals surface area contributed by atoms with Crippen LogP contribution in [0.25, 0.3) is 0 Å². The molecule has 2 N–H and O–H groups in total. The second-order valence-electron chi connectivity index (χ2n) is 3.47. The molecule has 0 saturated carbocycles. The van der Waals surface area contributed by atoms with Gasteiger partial charge in [0.05, 0.1) is 11.9 Å². The van der Waals surface area contributed by atoms with Crippen molar-refractivity contribution in [3.05, 3.63) is 30.3 Å². The number of carbonyl (C=O) groups is 1. The van der Waals surface area contributed by atoms with Gasteiger partial charge in [-0.3, -0.25) is 4.79 Å². The van der Waals surface area contributed by atoms with Crippen LogP contribution in [0, 0.1) is 0 Å². The highest BCUT2D eigenvalue weighted by Gasteiger charge is 2.05. The van der Waals surface area contributed by atoms with Crippen LogP contribution in [0.3, 0.4) is 0 Å². The molecule has 0 aliphatic carbocycles. The van der Waals surface area contributed by atoms with Crippen LogP contribution >= 0.6 is 11.8 Å². The maximum Gasteiger partial charge on any atom is 0.230 e. The second kappa shape index (κ2) is 7.30. The molecule has 0 heterocycles. The van der Waals surface area contributed by atoms with Crippen LogP contribution in [0.2, 0.25) is 0 Å². The molecule has 0 aromatic heterocycles.